The van der Waals surface area contributed by atoms with E-state index in [0.717, 1.165) is 24.7 Å². The molecule has 1 saturated heterocycles. The van der Waals surface area contributed by atoms with Crippen LogP contribution in [0.25, 0.3) is 0 Å². The number of hydrogen-bond acceptors (Lipinski definition) is 5. The summed E-state index contributed by atoms with van der Waals surface area (Å²) in [6, 6.07) is 1.93. The third kappa shape index (κ3) is 3.35. The SMILES string of the molecule is CC(C)c1nc(NN)cc(N2CCC(C)(C)CC2)n1. The Kier molecular flexibility index (Phi) is 3.94. The molecule has 2 heterocycles. The van der Waals surface area contributed by atoms with Gasteiger partial charge in [0.05, 0.1) is 0 Å². The van der Waals surface area contributed by atoms with E-state index in [2.05, 4.69) is 48.0 Å². The topological polar surface area (TPSA) is 67.1 Å². The van der Waals surface area contributed by atoms with Gasteiger partial charge in [-0.2, -0.15) is 0 Å². The maximum Gasteiger partial charge on any atom is 0.145 e. The summed E-state index contributed by atoms with van der Waals surface area (Å²) in [6.45, 7) is 10.9. The van der Waals surface area contributed by atoms with E-state index in [-0.39, 0.29) is 0 Å². The van der Waals surface area contributed by atoms with Crippen molar-refractivity contribution in [2.24, 2.45) is 11.3 Å². The number of aromatic nitrogens is 2. The molecule has 2 rings (SSSR count). The second kappa shape index (κ2) is 5.33. The maximum atomic E-state index is 5.50. The normalized spacial score (nSPS) is 18.7. The lowest BCUT2D eigenvalue weighted by Gasteiger charge is -2.37. The Balaban J connectivity index is 2.22. The van der Waals surface area contributed by atoms with Crippen LogP contribution in [0.5, 0.6) is 0 Å². The summed E-state index contributed by atoms with van der Waals surface area (Å²) in [7, 11) is 0. The van der Waals surface area contributed by atoms with Gasteiger partial charge in [0.2, 0.25) is 0 Å². The van der Waals surface area contributed by atoms with Crippen LogP contribution in [0, 0.1) is 5.41 Å². The van der Waals surface area contributed by atoms with Crippen molar-refractivity contribution in [2.75, 3.05) is 23.4 Å². The highest BCUT2D eigenvalue weighted by atomic mass is 15.3. The highest BCUT2D eigenvalue weighted by Crippen LogP contribution is 2.32. The molecule has 1 aliphatic heterocycles. The van der Waals surface area contributed by atoms with Crippen LogP contribution >= 0.6 is 0 Å². The standard InChI is InChI=1S/C14H25N5/c1-10(2)13-16-11(18-15)9-12(17-13)19-7-5-14(3,4)6-8-19/h9-10H,5-8,15H2,1-4H3,(H,16,17,18). The van der Waals surface area contributed by atoms with Gasteiger partial charge in [0.25, 0.3) is 0 Å². The molecule has 0 aliphatic carbocycles. The minimum atomic E-state index is 0.299. The van der Waals surface area contributed by atoms with Crippen LogP contribution in [0.15, 0.2) is 6.07 Å². The lowest BCUT2D eigenvalue weighted by atomic mass is 9.83. The van der Waals surface area contributed by atoms with Gasteiger partial charge in [-0.3, -0.25) is 0 Å². The Bertz CT molecular complexity index is 431. The van der Waals surface area contributed by atoms with E-state index >= 15 is 0 Å². The molecular formula is C14H25N5. The zero-order chi connectivity index (χ0) is 14.0. The Hall–Kier alpha value is -1.36. The van der Waals surface area contributed by atoms with E-state index in [1.54, 1.807) is 0 Å². The van der Waals surface area contributed by atoms with Gasteiger partial charge in [-0.15, -0.1) is 0 Å². The van der Waals surface area contributed by atoms with Crippen molar-refractivity contribution in [2.45, 2.75) is 46.5 Å². The summed E-state index contributed by atoms with van der Waals surface area (Å²) in [4.78, 5) is 11.4. The van der Waals surface area contributed by atoms with Gasteiger partial charge in [-0.25, -0.2) is 15.8 Å². The van der Waals surface area contributed by atoms with Crippen molar-refractivity contribution in [3.05, 3.63) is 11.9 Å². The van der Waals surface area contributed by atoms with E-state index in [1.165, 1.54) is 12.8 Å². The first-order valence-electron chi connectivity index (χ1n) is 7.02. The van der Waals surface area contributed by atoms with Crippen molar-refractivity contribution >= 4 is 11.6 Å². The van der Waals surface area contributed by atoms with Crippen molar-refractivity contribution in [3.8, 4) is 0 Å². The highest BCUT2D eigenvalue weighted by Gasteiger charge is 2.26. The smallest absolute Gasteiger partial charge is 0.145 e. The minimum absolute atomic E-state index is 0.299. The van der Waals surface area contributed by atoms with Crippen LogP contribution in [0.3, 0.4) is 0 Å². The molecule has 1 aliphatic rings. The summed E-state index contributed by atoms with van der Waals surface area (Å²) < 4.78 is 0. The molecule has 1 fully saturated rings. The molecule has 0 bridgehead atoms. The van der Waals surface area contributed by atoms with E-state index in [1.807, 2.05) is 6.07 Å². The van der Waals surface area contributed by atoms with Gasteiger partial charge in [-0.1, -0.05) is 27.7 Å². The third-order valence-corrected chi connectivity index (χ3v) is 3.84. The van der Waals surface area contributed by atoms with Gasteiger partial charge >= 0.3 is 0 Å². The van der Waals surface area contributed by atoms with Crippen LogP contribution < -0.4 is 16.2 Å². The Morgan fingerprint density at radius 3 is 2.42 bits per heavy atom. The number of piperidine rings is 1. The third-order valence-electron chi connectivity index (χ3n) is 3.84. The minimum Gasteiger partial charge on any atom is -0.356 e. The van der Waals surface area contributed by atoms with Crippen LogP contribution in [0.2, 0.25) is 0 Å². The summed E-state index contributed by atoms with van der Waals surface area (Å²) >= 11 is 0. The van der Waals surface area contributed by atoms with E-state index in [9.17, 15) is 0 Å². The van der Waals surface area contributed by atoms with E-state index < -0.39 is 0 Å². The fraction of sp³-hybridized carbons (Fsp3) is 0.714. The summed E-state index contributed by atoms with van der Waals surface area (Å²) in [5.74, 6) is 8.32. The molecule has 1 aromatic heterocycles. The largest absolute Gasteiger partial charge is 0.356 e. The van der Waals surface area contributed by atoms with E-state index in [0.29, 0.717) is 17.2 Å². The number of nitrogens with two attached hydrogens (primary N) is 1. The Morgan fingerprint density at radius 1 is 1.26 bits per heavy atom. The number of nitrogens with one attached hydrogen (secondary N) is 1. The summed E-state index contributed by atoms with van der Waals surface area (Å²) in [5, 5.41) is 0. The van der Waals surface area contributed by atoms with Gasteiger partial charge in [0, 0.05) is 25.1 Å². The zero-order valence-corrected chi connectivity index (χ0v) is 12.4. The monoisotopic (exact) mass is 263 g/mol. The first-order valence-corrected chi connectivity index (χ1v) is 7.02. The predicted octanol–water partition coefficient (Wildman–Crippen LogP) is 2.51. The van der Waals surface area contributed by atoms with Crippen LogP contribution in [0.4, 0.5) is 11.6 Å². The lowest BCUT2D eigenvalue weighted by Crippen LogP contribution is -2.38. The van der Waals surface area contributed by atoms with Crippen molar-refractivity contribution in [3.63, 3.8) is 0 Å². The number of hydrogen-bond donors (Lipinski definition) is 2. The maximum absolute atomic E-state index is 5.50. The van der Waals surface area contributed by atoms with Crippen LogP contribution in [-0.2, 0) is 0 Å². The Morgan fingerprint density at radius 2 is 1.89 bits per heavy atom. The molecule has 1 aromatic rings. The Labute approximate surface area is 115 Å². The predicted molar refractivity (Wildman–Crippen MR) is 79.2 cm³/mol. The summed E-state index contributed by atoms with van der Waals surface area (Å²) in [6.07, 6.45) is 2.39. The molecule has 0 amide bonds. The number of hydrazine groups is 1. The molecule has 5 nitrogen and oxygen atoms in total. The molecule has 5 heteroatoms. The zero-order valence-electron chi connectivity index (χ0n) is 12.4. The van der Waals surface area contributed by atoms with Gasteiger partial charge in [-0.05, 0) is 18.3 Å². The van der Waals surface area contributed by atoms with Crippen molar-refractivity contribution < 1.29 is 0 Å². The molecule has 19 heavy (non-hydrogen) atoms. The first kappa shape index (κ1) is 14.1. The van der Waals surface area contributed by atoms with Gasteiger partial charge in [0.15, 0.2) is 0 Å². The number of nitrogens with zero attached hydrogens (tertiary/aromatic N) is 3. The average Bonchev–Trinajstić information content (AvgIpc) is 2.38. The van der Waals surface area contributed by atoms with Crippen molar-refractivity contribution in [1.29, 1.82) is 0 Å². The fourth-order valence-corrected chi connectivity index (χ4v) is 2.29. The molecular weight excluding hydrogens is 238 g/mol. The molecule has 3 N–H and O–H groups in total. The van der Waals surface area contributed by atoms with Gasteiger partial charge < -0.3 is 10.3 Å². The van der Waals surface area contributed by atoms with Crippen LogP contribution in [-0.4, -0.2) is 23.1 Å². The second-order valence-electron chi connectivity index (χ2n) is 6.42. The average molecular weight is 263 g/mol. The molecule has 106 valence electrons. The molecule has 0 radical (unpaired) electrons. The highest BCUT2D eigenvalue weighted by molar-refractivity contribution is 5.49. The van der Waals surface area contributed by atoms with Crippen molar-refractivity contribution in [1.82, 2.24) is 9.97 Å². The fourth-order valence-electron chi connectivity index (χ4n) is 2.29. The first-order chi connectivity index (χ1) is 8.91. The number of anilines is 2. The number of rotatable bonds is 3. The molecule has 0 spiro atoms. The van der Waals surface area contributed by atoms with E-state index in [4.69, 9.17) is 5.84 Å². The molecule has 0 saturated carbocycles. The molecule has 0 unspecified atom stereocenters. The lowest BCUT2D eigenvalue weighted by molar-refractivity contribution is 0.279. The molecule has 0 aromatic carbocycles. The number of nitrogen functional groups attached to an aromatic ring is 1. The van der Waals surface area contributed by atoms with Crippen LogP contribution in [0.1, 0.15) is 52.3 Å². The molecule has 0 atom stereocenters. The quantitative estimate of drug-likeness (QED) is 0.648. The second-order valence-corrected chi connectivity index (χ2v) is 6.42. The van der Waals surface area contributed by atoms with Gasteiger partial charge in [0.1, 0.15) is 17.5 Å². The summed E-state index contributed by atoms with van der Waals surface area (Å²) in [5.41, 5.74) is 3.08.